The van der Waals surface area contributed by atoms with E-state index >= 15 is 0 Å². The van der Waals surface area contributed by atoms with E-state index in [9.17, 15) is 9.59 Å². The van der Waals surface area contributed by atoms with Gasteiger partial charge in [-0.2, -0.15) is 0 Å². The van der Waals surface area contributed by atoms with Crippen LogP contribution in [0.4, 0.5) is 0 Å². The van der Waals surface area contributed by atoms with Crippen LogP contribution in [0.1, 0.15) is 17.2 Å². The Labute approximate surface area is 196 Å². The van der Waals surface area contributed by atoms with E-state index in [1.165, 1.54) is 15.7 Å². The number of hydrogen-bond acceptors (Lipinski definition) is 4. The first kappa shape index (κ1) is 21.5. The monoisotopic (exact) mass is 461 g/mol. The van der Waals surface area contributed by atoms with E-state index < -0.39 is 5.76 Å². The molecule has 0 spiro atoms. The maximum absolute atomic E-state index is 13.0. The Bertz CT molecular complexity index is 1310. The van der Waals surface area contributed by atoms with Crippen molar-refractivity contribution in [1.82, 2.24) is 14.4 Å². The Hall–Kier alpha value is -3.35. The molecule has 1 fully saturated rings. The van der Waals surface area contributed by atoms with Gasteiger partial charge in [0.2, 0.25) is 5.91 Å². The normalized spacial score (nSPS) is 15.6. The third-order valence-electron chi connectivity index (χ3n) is 6.20. The van der Waals surface area contributed by atoms with Gasteiger partial charge in [-0.05, 0) is 35.4 Å². The molecular weight excluding hydrogens is 438 g/mol. The minimum atomic E-state index is -0.505. The van der Waals surface area contributed by atoms with E-state index in [0.717, 1.165) is 13.1 Å². The van der Waals surface area contributed by atoms with E-state index in [0.29, 0.717) is 29.2 Å². The third kappa shape index (κ3) is 4.45. The number of carbonyl (C=O) groups excluding carboxylic acids is 1. The Morgan fingerprint density at radius 2 is 1.48 bits per heavy atom. The summed E-state index contributed by atoms with van der Waals surface area (Å²) in [6.07, 6.45) is 0. The van der Waals surface area contributed by atoms with Gasteiger partial charge in [0, 0.05) is 31.2 Å². The van der Waals surface area contributed by atoms with Crippen molar-refractivity contribution >= 4 is 28.6 Å². The zero-order valence-electron chi connectivity index (χ0n) is 18.1. The smallest absolute Gasteiger partial charge is 0.408 e. The van der Waals surface area contributed by atoms with Crippen molar-refractivity contribution in [2.24, 2.45) is 0 Å². The van der Waals surface area contributed by atoms with E-state index in [2.05, 4.69) is 29.2 Å². The van der Waals surface area contributed by atoms with Gasteiger partial charge in [-0.25, -0.2) is 4.79 Å². The molecular formula is C26H24ClN3O3. The lowest BCUT2D eigenvalue weighted by Gasteiger charge is -2.39. The topological polar surface area (TPSA) is 58.7 Å². The highest BCUT2D eigenvalue weighted by atomic mass is 35.5. The van der Waals surface area contributed by atoms with Crippen LogP contribution in [0.3, 0.4) is 0 Å². The number of carbonyl (C=O) groups is 1. The van der Waals surface area contributed by atoms with Crippen LogP contribution in [-0.4, -0.2) is 46.5 Å². The molecule has 6 nitrogen and oxygen atoms in total. The molecule has 0 radical (unpaired) electrons. The molecule has 168 valence electrons. The number of fused-ring (bicyclic) bond motifs is 1. The summed E-state index contributed by atoms with van der Waals surface area (Å²) >= 11 is 6.12. The summed E-state index contributed by atoms with van der Waals surface area (Å²) in [5.74, 6) is -0.582. The first-order valence-corrected chi connectivity index (χ1v) is 11.4. The van der Waals surface area contributed by atoms with Crippen molar-refractivity contribution in [2.45, 2.75) is 12.6 Å². The van der Waals surface area contributed by atoms with Crippen LogP contribution >= 0.6 is 11.6 Å². The van der Waals surface area contributed by atoms with Crippen molar-refractivity contribution in [2.75, 3.05) is 26.2 Å². The predicted molar refractivity (Wildman–Crippen MR) is 128 cm³/mol. The number of benzene rings is 3. The van der Waals surface area contributed by atoms with Crippen LogP contribution in [-0.2, 0) is 11.3 Å². The molecule has 1 unspecified atom stereocenters. The van der Waals surface area contributed by atoms with Crippen LogP contribution in [0.25, 0.3) is 11.1 Å². The molecule has 1 amide bonds. The number of amides is 1. The molecule has 3 aromatic carbocycles. The van der Waals surface area contributed by atoms with E-state index in [-0.39, 0.29) is 18.5 Å². The second-order valence-corrected chi connectivity index (χ2v) is 8.64. The second kappa shape index (κ2) is 9.25. The molecule has 1 aromatic heterocycles. The predicted octanol–water partition coefficient (Wildman–Crippen LogP) is 4.18. The van der Waals surface area contributed by atoms with E-state index in [4.69, 9.17) is 16.0 Å². The summed E-state index contributed by atoms with van der Waals surface area (Å²) in [5.41, 5.74) is 3.51. The third-order valence-corrected chi connectivity index (χ3v) is 6.45. The van der Waals surface area contributed by atoms with E-state index in [1.807, 2.05) is 41.3 Å². The number of piperazine rings is 1. The number of hydrogen-bond donors (Lipinski definition) is 0. The van der Waals surface area contributed by atoms with Crippen LogP contribution in [0.5, 0.6) is 0 Å². The van der Waals surface area contributed by atoms with Gasteiger partial charge in [0.05, 0.1) is 11.6 Å². The van der Waals surface area contributed by atoms with E-state index in [1.54, 1.807) is 18.2 Å². The highest BCUT2D eigenvalue weighted by Crippen LogP contribution is 2.30. The van der Waals surface area contributed by atoms with Gasteiger partial charge >= 0.3 is 5.76 Å². The highest BCUT2D eigenvalue weighted by molar-refractivity contribution is 6.30. The van der Waals surface area contributed by atoms with Crippen molar-refractivity contribution in [1.29, 1.82) is 0 Å². The molecule has 0 N–H and O–H groups in total. The van der Waals surface area contributed by atoms with Crippen LogP contribution in [0.15, 0.2) is 88.1 Å². The lowest BCUT2D eigenvalue weighted by atomic mass is 9.96. The average Bonchev–Trinajstić information content (AvgIpc) is 3.16. The zero-order chi connectivity index (χ0) is 22.8. The Morgan fingerprint density at radius 3 is 2.21 bits per heavy atom. The molecule has 0 bridgehead atoms. The molecule has 33 heavy (non-hydrogen) atoms. The highest BCUT2D eigenvalue weighted by Gasteiger charge is 2.28. The fourth-order valence-electron chi connectivity index (χ4n) is 4.52. The quantitative estimate of drug-likeness (QED) is 0.447. The fraction of sp³-hybridized carbons (Fsp3) is 0.231. The fourth-order valence-corrected chi connectivity index (χ4v) is 4.65. The van der Waals surface area contributed by atoms with Gasteiger partial charge in [0.25, 0.3) is 0 Å². The summed E-state index contributed by atoms with van der Waals surface area (Å²) in [7, 11) is 0. The molecule has 5 rings (SSSR count). The molecule has 4 aromatic rings. The maximum Gasteiger partial charge on any atom is 0.420 e. The van der Waals surface area contributed by atoms with Gasteiger partial charge in [-0.15, -0.1) is 0 Å². The van der Waals surface area contributed by atoms with Gasteiger partial charge in [0.15, 0.2) is 5.58 Å². The Morgan fingerprint density at radius 1 is 0.848 bits per heavy atom. The van der Waals surface area contributed by atoms with Crippen molar-refractivity contribution in [3.63, 3.8) is 0 Å². The van der Waals surface area contributed by atoms with Crippen LogP contribution < -0.4 is 5.76 Å². The molecule has 0 saturated carbocycles. The number of rotatable bonds is 5. The zero-order valence-corrected chi connectivity index (χ0v) is 18.8. The molecule has 0 aliphatic carbocycles. The van der Waals surface area contributed by atoms with Crippen molar-refractivity contribution in [3.05, 3.63) is 106 Å². The first-order chi connectivity index (χ1) is 16.1. The summed E-state index contributed by atoms with van der Waals surface area (Å²) in [4.78, 5) is 29.5. The largest absolute Gasteiger partial charge is 0.420 e. The minimum Gasteiger partial charge on any atom is -0.408 e. The molecule has 1 aliphatic rings. The van der Waals surface area contributed by atoms with Crippen molar-refractivity contribution < 1.29 is 9.21 Å². The minimum absolute atomic E-state index is 0.0187. The first-order valence-electron chi connectivity index (χ1n) is 11.0. The standard InChI is InChI=1S/C26H24ClN3O3/c27-21-12-10-20(11-13-21)25(19-6-2-1-3-7-19)29-16-14-28(15-17-29)24(31)18-30-22-8-4-5-9-23(22)33-26(30)32/h1-13,25H,14-18H2. The lowest BCUT2D eigenvalue weighted by Crippen LogP contribution is -2.50. The molecule has 1 saturated heterocycles. The second-order valence-electron chi connectivity index (χ2n) is 8.20. The number of nitrogens with zero attached hydrogens (tertiary/aromatic N) is 3. The van der Waals surface area contributed by atoms with Crippen LogP contribution in [0, 0.1) is 0 Å². The maximum atomic E-state index is 13.0. The van der Waals surface area contributed by atoms with Gasteiger partial charge < -0.3 is 9.32 Å². The molecule has 7 heteroatoms. The molecule has 2 heterocycles. The number of halogens is 1. The Kier molecular flexibility index (Phi) is 6.03. The lowest BCUT2D eigenvalue weighted by molar-refractivity contribution is -0.133. The number of para-hydroxylation sites is 2. The number of aromatic nitrogens is 1. The Balaban J connectivity index is 1.31. The average molecular weight is 462 g/mol. The summed E-state index contributed by atoms with van der Waals surface area (Å²) in [6, 6.07) is 25.6. The molecule has 1 aliphatic heterocycles. The van der Waals surface area contributed by atoms with Gasteiger partial charge in [-0.3, -0.25) is 14.3 Å². The molecule has 1 atom stereocenters. The number of oxazole rings is 1. The van der Waals surface area contributed by atoms with Crippen LogP contribution in [0.2, 0.25) is 5.02 Å². The summed E-state index contributed by atoms with van der Waals surface area (Å²) in [5, 5.41) is 0.711. The summed E-state index contributed by atoms with van der Waals surface area (Å²) < 4.78 is 6.67. The SMILES string of the molecule is O=C(Cn1c(=O)oc2ccccc21)N1CCN(C(c2ccccc2)c2ccc(Cl)cc2)CC1. The van der Waals surface area contributed by atoms with Gasteiger partial charge in [0.1, 0.15) is 6.54 Å². The van der Waals surface area contributed by atoms with Gasteiger partial charge in [-0.1, -0.05) is 66.2 Å². The van der Waals surface area contributed by atoms with Crippen molar-refractivity contribution in [3.8, 4) is 0 Å². The summed E-state index contributed by atoms with van der Waals surface area (Å²) in [6.45, 7) is 2.64.